The molecule has 0 aliphatic carbocycles. The molecular formula is C14H9BrClFINO. The molecule has 0 saturated carbocycles. The highest BCUT2D eigenvalue weighted by Crippen LogP contribution is 2.20. The smallest absolute Gasteiger partial charge is 0.251 e. The predicted octanol–water partition coefficient (Wildman–Crippen LogP) is 4.78. The zero-order valence-corrected chi connectivity index (χ0v) is 14.6. The maximum Gasteiger partial charge on any atom is 0.251 e. The van der Waals surface area contributed by atoms with Gasteiger partial charge in [0.15, 0.2) is 0 Å². The second-order valence-corrected chi connectivity index (χ2v) is 6.47. The SMILES string of the molecule is O=C(NCc1cc(F)ccc1Br)c1ccc(I)c(Cl)c1. The molecule has 0 spiro atoms. The van der Waals surface area contributed by atoms with Crippen LogP contribution in [0.25, 0.3) is 0 Å². The number of rotatable bonds is 3. The van der Waals surface area contributed by atoms with Gasteiger partial charge in [-0.05, 0) is 64.6 Å². The standard InChI is InChI=1S/C14H9BrClFINO/c15-11-3-2-10(17)5-9(11)7-19-14(20)8-1-4-13(18)12(16)6-8/h1-6H,7H2,(H,19,20). The minimum Gasteiger partial charge on any atom is -0.348 e. The summed E-state index contributed by atoms with van der Waals surface area (Å²) in [4.78, 5) is 12.0. The molecule has 2 nitrogen and oxygen atoms in total. The van der Waals surface area contributed by atoms with Gasteiger partial charge in [0, 0.05) is 20.2 Å². The van der Waals surface area contributed by atoms with E-state index >= 15 is 0 Å². The van der Waals surface area contributed by atoms with Crippen LogP contribution in [0.15, 0.2) is 40.9 Å². The summed E-state index contributed by atoms with van der Waals surface area (Å²) in [6.45, 7) is 0.237. The summed E-state index contributed by atoms with van der Waals surface area (Å²) < 4.78 is 14.8. The predicted molar refractivity (Wildman–Crippen MR) is 89.4 cm³/mol. The van der Waals surface area contributed by atoms with E-state index in [0.29, 0.717) is 16.1 Å². The van der Waals surface area contributed by atoms with Gasteiger partial charge in [0.1, 0.15) is 5.82 Å². The van der Waals surface area contributed by atoms with Crippen LogP contribution >= 0.6 is 50.1 Å². The van der Waals surface area contributed by atoms with Crippen molar-refractivity contribution in [2.75, 3.05) is 0 Å². The normalized spacial score (nSPS) is 10.4. The Labute approximate surface area is 143 Å². The average Bonchev–Trinajstić information content (AvgIpc) is 2.42. The Hall–Kier alpha value is -0.660. The van der Waals surface area contributed by atoms with E-state index < -0.39 is 0 Å². The van der Waals surface area contributed by atoms with Crippen LogP contribution in [0.3, 0.4) is 0 Å². The van der Waals surface area contributed by atoms with Gasteiger partial charge in [0.2, 0.25) is 0 Å². The summed E-state index contributed by atoms with van der Waals surface area (Å²) in [7, 11) is 0. The first-order valence-corrected chi connectivity index (χ1v) is 7.89. The monoisotopic (exact) mass is 467 g/mol. The Balaban J connectivity index is 2.08. The van der Waals surface area contributed by atoms with Crippen molar-refractivity contribution in [1.82, 2.24) is 5.32 Å². The molecule has 104 valence electrons. The zero-order valence-electron chi connectivity index (χ0n) is 10.1. The minimum atomic E-state index is -0.338. The Morgan fingerprint density at radius 3 is 2.75 bits per heavy atom. The van der Waals surface area contributed by atoms with E-state index in [1.807, 2.05) is 0 Å². The van der Waals surface area contributed by atoms with E-state index in [4.69, 9.17) is 11.6 Å². The molecule has 0 radical (unpaired) electrons. The molecule has 0 atom stereocenters. The highest BCUT2D eigenvalue weighted by Gasteiger charge is 2.09. The molecule has 2 rings (SSSR count). The molecule has 0 aliphatic rings. The molecule has 6 heteroatoms. The largest absolute Gasteiger partial charge is 0.348 e. The minimum absolute atomic E-state index is 0.237. The van der Waals surface area contributed by atoms with E-state index in [9.17, 15) is 9.18 Å². The summed E-state index contributed by atoms with van der Waals surface area (Å²) in [5.74, 6) is -0.589. The second kappa shape index (κ2) is 6.87. The van der Waals surface area contributed by atoms with Gasteiger partial charge in [-0.15, -0.1) is 0 Å². The van der Waals surface area contributed by atoms with Crippen LogP contribution in [0, 0.1) is 9.39 Å². The molecule has 20 heavy (non-hydrogen) atoms. The van der Waals surface area contributed by atoms with Crippen molar-refractivity contribution in [3.63, 3.8) is 0 Å². The highest BCUT2D eigenvalue weighted by molar-refractivity contribution is 14.1. The molecule has 2 aromatic rings. The molecule has 0 fully saturated rings. The van der Waals surface area contributed by atoms with E-state index in [2.05, 4.69) is 43.8 Å². The fraction of sp³-hybridized carbons (Fsp3) is 0.0714. The first-order valence-electron chi connectivity index (χ1n) is 5.64. The van der Waals surface area contributed by atoms with E-state index in [1.54, 1.807) is 24.3 Å². The van der Waals surface area contributed by atoms with Crippen LogP contribution in [-0.4, -0.2) is 5.91 Å². The average molecular weight is 468 g/mol. The van der Waals surface area contributed by atoms with Gasteiger partial charge in [-0.2, -0.15) is 0 Å². The third kappa shape index (κ3) is 3.93. The zero-order chi connectivity index (χ0) is 14.7. The Morgan fingerprint density at radius 2 is 2.05 bits per heavy atom. The van der Waals surface area contributed by atoms with Crippen LogP contribution in [-0.2, 0) is 6.54 Å². The van der Waals surface area contributed by atoms with Gasteiger partial charge >= 0.3 is 0 Å². The van der Waals surface area contributed by atoms with Crippen molar-refractivity contribution in [3.8, 4) is 0 Å². The van der Waals surface area contributed by atoms with Crippen LogP contribution in [0.5, 0.6) is 0 Å². The van der Waals surface area contributed by atoms with Crippen molar-refractivity contribution < 1.29 is 9.18 Å². The summed E-state index contributed by atoms with van der Waals surface area (Å²) in [5.41, 5.74) is 1.15. The van der Waals surface area contributed by atoms with Crippen LogP contribution in [0.4, 0.5) is 4.39 Å². The fourth-order valence-electron chi connectivity index (χ4n) is 1.59. The first kappa shape index (κ1) is 15.7. The topological polar surface area (TPSA) is 29.1 Å². The highest BCUT2D eigenvalue weighted by atomic mass is 127. The lowest BCUT2D eigenvalue weighted by molar-refractivity contribution is 0.0951. The van der Waals surface area contributed by atoms with Crippen LogP contribution in [0.1, 0.15) is 15.9 Å². The van der Waals surface area contributed by atoms with E-state index in [1.165, 1.54) is 12.1 Å². The van der Waals surface area contributed by atoms with Gasteiger partial charge < -0.3 is 5.32 Å². The number of hydrogen-bond acceptors (Lipinski definition) is 1. The molecule has 0 heterocycles. The van der Waals surface area contributed by atoms with Crippen LogP contribution in [0.2, 0.25) is 5.02 Å². The maximum atomic E-state index is 13.1. The number of carbonyl (C=O) groups excluding carboxylic acids is 1. The number of halogens is 4. The van der Waals surface area contributed by atoms with Crippen LogP contribution < -0.4 is 5.32 Å². The third-order valence-corrected chi connectivity index (χ3v) is 4.97. The van der Waals surface area contributed by atoms with Crippen molar-refractivity contribution in [1.29, 1.82) is 0 Å². The fourth-order valence-corrected chi connectivity index (χ4v) is 2.50. The summed E-state index contributed by atoms with van der Waals surface area (Å²) in [6, 6.07) is 9.43. The quantitative estimate of drug-likeness (QED) is 0.646. The number of nitrogens with one attached hydrogen (secondary N) is 1. The Kier molecular flexibility index (Phi) is 5.40. The van der Waals surface area contributed by atoms with Gasteiger partial charge in [-0.25, -0.2) is 4.39 Å². The lowest BCUT2D eigenvalue weighted by Crippen LogP contribution is -2.23. The van der Waals surface area contributed by atoms with Gasteiger partial charge in [-0.3, -0.25) is 4.79 Å². The lowest BCUT2D eigenvalue weighted by Gasteiger charge is -2.08. The van der Waals surface area contributed by atoms with Gasteiger partial charge in [-0.1, -0.05) is 27.5 Å². The summed E-state index contributed by atoms with van der Waals surface area (Å²) >= 11 is 11.4. The van der Waals surface area contributed by atoms with Gasteiger partial charge in [0.05, 0.1) is 5.02 Å². The molecular weight excluding hydrogens is 459 g/mol. The number of hydrogen-bond donors (Lipinski definition) is 1. The van der Waals surface area contributed by atoms with Crippen molar-refractivity contribution in [2.45, 2.75) is 6.54 Å². The first-order chi connectivity index (χ1) is 9.47. The molecule has 0 saturated heterocycles. The number of carbonyl (C=O) groups is 1. The van der Waals surface area contributed by atoms with Gasteiger partial charge in [0.25, 0.3) is 5.91 Å². The molecule has 0 aromatic heterocycles. The Bertz CT molecular complexity index is 666. The molecule has 1 N–H and O–H groups in total. The second-order valence-electron chi connectivity index (χ2n) is 4.05. The van der Waals surface area contributed by atoms with E-state index in [0.717, 1.165) is 8.04 Å². The molecule has 0 bridgehead atoms. The lowest BCUT2D eigenvalue weighted by atomic mass is 10.2. The molecule has 2 aromatic carbocycles. The third-order valence-electron chi connectivity index (χ3n) is 2.63. The van der Waals surface area contributed by atoms with Crippen molar-refractivity contribution in [3.05, 3.63) is 66.4 Å². The Morgan fingerprint density at radius 1 is 1.30 bits per heavy atom. The summed E-state index contributed by atoms with van der Waals surface area (Å²) in [5, 5.41) is 3.27. The number of benzene rings is 2. The summed E-state index contributed by atoms with van der Waals surface area (Å²) in [6.07, 6.45) is 0. The molecule has 0 unspecified atom stereocenters. The van der Waals surface area contributed by atoms with Crippen molar-refractivity contribution in [2.24, 2.45) is 0 Å². The molecule has 1 amide bonds. The van der Waals surface area contributed by atoms with E-state index in [-0.39, 0.29) is 18.3 Å². The number of amides is 1. The molecule has 0 aliphatic heterocycles. The van der Waals surface area contributed by atoms with Crippen molar-refractivity contribution >= 4 is 56.0 Å². The maximum absolute atomic E-state index is 13.1.